The molecule has 0 bridgehead atoms. The van der Waals surface area contributed by atoms with Crippen LogP contribution in [0.15, 0.2) is 85.2 Å². The molecule has 1 amide bonds. The highest BCUT2D eigenvalue weighted by Crippen LogP contribution is 2.22. The van der Waals surface area contributed by atoms with Crippen LogP contribution in [0.2, 0.25) is 0 Å². The molecular weight excluding hydrogens is 428 g/mol. The van der Waals surface area contributed by atoms with Gasteiger partial charge in [-0.2, -0.15) is 9.61 Å². The van der Waals surface area contributed by atoms with E-state index in [0.717, 1.165) is 33.8 Å². The molecule has 3 heterocycles. The highest BCUT2D eigenvalue weighted by molar-refractivity contribution is 5.92. The van der Waals surface area contributed by atoms with Crippen molar-refractivity contribution >= 4 is 17.2 Å². The summed E-state index contributed by atoms with van der Waals surface area (Å²) in [5.41, 5.74) is 4.82. The zero-order chi connectivity index (χ0) is 23.3. The smallest absolute Gasteiger partial charge is 0.228 e. The molecule has 0 atom stereocenters. The predicted molar refractivity (Wildman–Crippen MR) is 129 cm³/mol. The number of nitrogens with zero attached hydrogens (tertiary/aromatic N) is 5. The van der Waals surface area contributed by atoms with Crippen LogP contribution in [0.5, 0.6) is 5.75 Å². The molecule has 0 radical (unpaired) electrons. The van der Waals surface area contributed by atoms with E-state index < -0.39 is 0 Å². The Morgan fingerprint density at radius 1 is 0.941 bits per heavy atom. The molecule has 0 aliphatic carbocycles. The third-order valence-electron chi connectivity index (χ3n) is 5.25. The van der Waals surface area contributed by atoms with Crippen molar-refractivity contribution in [3.05, 3.63) is 90.8 Å². The second kappa shape index (κ2) is 9.50. The molecule has 168 valence electrons. The standard InChI is InChI=1S/C26H22N6O2/c1-2-34-22-11-5-18(6-12-22)16-25(33)28-21-9-7-19(8-10-21)23-13-14-24-29-30-26(32(24)31-23)20-4-3-15-27-17-20/h3-15,17H,2,16H2,1H3,(H,28,33). The van der Waals surface area contributed by atoms with Gasteiger partial charge in [-0.1, -0.05) is 24.3 Å². The van der Waals surface area contributed by atoms with Crippen LogP contribution in [0.25, 0.3) is 28.3 Å². The minimum absolute atomic E-state index is 0.0814. The Bertz CT molecular complexity index is 1410. The number of carbonyl (C=O) groups is 1. The molecule has 8 nitrogen and oxygen atoms in total. The number of pyridine rings is 1. The molecule has 3 aromatic heterocycles. The van der Waals surface area contributed by atoms with E-state index in [4.69, 9.17) is 9.84 Å². The number of rotatable bonds is 7. The van der Waals surface area contributed by atoms with Gasteiger partial charge in [0.25, 0.3) is 0 Å². The van der Waals surface area contributed by atoms with Crippen LogP contribution in [0, 0.1) is 0 Å². The summed E-state index contributed by atoms with van der Waals surface area (Å²) in [6, 6.07) is 22.7. The molecule has 2 aromatic carbocycles. The second-order valence-corrected chi connectivity index (χ2v) is 7.63. The van der Waals surface area contributed by atoms with Crippen LogP contribution >= 0.6 is 0 Å². The van der Waals surface area contributed by atoms with Crippen molar-refractivity contribution in [1.29, 1.82) is 0 Å². The SMILES string of the molecule is CCOc1ccc(CC(=O)Nc2ccc(-c3ccc4nnc(-c5cccnc5)n4n3)cc2)cc1. The summed E-state index contributed by atoms with van der Waals surface area (Å²) >= 11 is 0. The van der Waals surface area contributed by atoms with E-state index in [0.29, 0.717) is 18.1 Å². The van der Waals surface area contributed by atoms with Crippen LogP contribution in [0.4, 0.5) is 5.69 Å². The van der Waals surface area contributed by atoms with Crippen molar-refractivity contribution in [1.82, 2.24) is 24.8 Å². The summed E-state index contributed by atoms with van der Waals surface area (Å²) in [5, 5.41) is 16.1. The zero-order valence-corrected chi connectivity index (χ0v) is 18.5. The Labute approximate surface area is 196 Å². The number of nitrogens with one attached hydrogen (secondary N) is 1. The molecule has 0 spiro atoms. The van der Waals surface area contributed by atoms with E-state index in [1.54, 1.807) is 16.9 Å². The average Bonchev–Trinajstić information content (AvgIpc) is 3.30. The fourth-order valence-electron chi connectivity index (χ4n) is 3.60. The largest absolute Gasteiger partial charge is 0.494 e. The van der Waals surface area contributed by atoms with Gasteiger partial charge in [0.2, 0.25) is 5.91 Å². The van der Waals surface area contributed by atoms with Crippen molar-refractivity contribution < 1.29 is 9.53 Å². The first-order chi connectivity index (χ1) is 16.7. The molecule has 0 aliphatic rings. The van der Waals surface area contributed by atoms with Gasteiger partial charge in [0, 0.05) is 29.2 Å². The number of hydrogen-bond donors (Lipinski definition) is 1. The van der Waals surface area contributed by atoms with Gasteiger partial charge in [-0.05, 0) is 61.0 Å². The summed E-state index contributed by atoms with van der Waals surface area (Å²) in [5.74, 6) is 1.35. The molecular formula is C26H22N6O2. The summed E-state index contributed by atoms with van der Waals surface area (Å²) in [6.07, 6.45) is 3.73. The molecule has 5 rings (SSSR count). The highest BCUT2D eigenvalue weighted by atomic mass is 16.5. The van der Waals surface area contributed by atoms with Crippen molar-refractivity contribution in [3.8, 4) is 28.4 Å². The number of benzene rings is 2. The lowest BCUT2D eigenvalue weighted by atomic mass is 10.1. The topological polar surface area (TPSA) is 94.3 Å². The Morgan fingerprint density at radius 3 is 2.50 bits per heavy atom. The predicted octanol–water partition coefficient (Wildman–Crippen LogP) is 4.43. The lowest BCUT2D eigenvalue weighted by Gasteiger charge is -2.08. The first-order valence-electron chi connectivity index (χ1n) is 10.9. The normalized spacial score (nSPS) is 10.9. The number of fused-ring (bicyclic) bond motifs is 1. The first-order valence-corrected chi connectivity index (χ1v) is 10.9. The van der Waals surface area contributed by atoms with Gasteiger partial charge >= 0.3 is 0 Å². The van der Waals surface area contributed by atoms with Gasteiger partial charge in [-0.15, -0.1) is 10.2 Å². The summed E-state index contributed by atoms with van der Waals surface area (Å²) in [6.45, 7) is 2.56. The van der Waals surface area contributed by atoms with Crippen LogP contribution in [-0.4, -0.2) is 37.3 Å². The monoisotopic (exact) mass is 450 g/mol. The molecule has 1 N–H and O–H groups in total. The summed E-state index contributed by atoms with van der Waals surface area (Å²) < 4.78 is 7.15. The molecule has 34 heavy (non-hydrogen) atoms. The molecule has 5 aromatic rings. The van der Waals surface area contributed by atoms with Crippen molar-refractivity contribution in [2.45, 2.75) is 13.3 Å². The number of hydrogen-bond acceptors (Lipinski definition) is 6. The summed E-state index contributed by atoms with van der Waals surface area (Å²) in [7, 11) is 0. The van der Waals surface area contributed by atoms with Gasteiger partial charge in [-0.25, -0.2) is 0 Å². The fraction of sp³-hybridized carbons (Fsp3) is 0.115. The quantitative estimate of drug-likeness (QED) is 0.394. The number of ether oxygens (including phenoxy) is 1. The van der Waals surface area contributed by atoms with Gasteiger partial charge < -0.3 is 10.1 Å². The Kier molecular flexibility index (Phi) is 5.94. The minimum Gasteiger partial charge on any atom is -0.494 e. The van der Waals surface area contributed by atoms with E-state index in [9.17, 15) is 4.79 Å². The maximum absolute atomic E-state index is 12.5. The number of aromatic nitrogens is 5. The average molecular weight is 451 g/mol. The van der Waals surface area contributed by atoms with Crippen LogP contribution in [0.1, 0.15) is 12.5 Å². The van der Waals surface area contributed by atoms with Gasteiger partial charge in [0.15, 0.2) is 11.5 Å². The number of anilines is 1. The van der Waals surface area contributed by atoms with Gasteiger partial charge in [0.1, 0.15) is 5.75 Å². The zero-order valence-electron chi connectivity index (χ0n) is 18.5. The lowest BCUT2D eigenvalue weighted by molar-refractivity contribution is -0.115. The molecule has 0 unspecified atom stereocenters. The van der Waals surface area contributed by atoms with Gasteiger partial charge in [0.05, 0.1) is 18.7 Å². The maximum Gasteiger partial charge on any atom is 0.228 e. The Hall–Kier alpha value is -4.59. The highest BCUT2D eigenvalue weighted by Gasteiger charge is 2.11. The van der Waals surface area contributed by atoms with E-state index in [2.05, 4.69) is 20.5 Å². The molecule has 0 saturated heterocycles. The molecule has 8 heteroatoms. The van der Waals surface area contributed by atoms with E-state index >= 15 is 0 Å². The number of amides is 1. The van der Waals surface area contributed by atoms with Crippen molar-refractivity contribution in [3.63, 3.8) is 0 Å². The molecule has 0 aliphatic heterocycles. The van der Waals surface area contributed by atoms with E-state index in [1.807, 2.05) is 79.7 Å². The number of carbonyl (C=O) groups excluding carboxylic acids is 1. The lowest BCUT2D eigenvalue weighted by Crippen LogP contribution is -2.14. The Balaban J connectivity index is 1.29. The Morgan fingerprint density at radius 2 is 1.76 bits per heavy atom. The van der Waals surface area contributed by atoms with Crippen molar-refractivity contribution in [2.75, 3.05) is 11.9 Å². The van der Waals surface area contributed by atoms with Crippen LogP contribution in [0.3, 0.4) is 0 Å². The third-order valence-corrected chi connectivity index (χ3v) is 5.25. The third kappa shape index (κ3) is 4.61. The maximum atomic E-state index is 12.5. The molecule has 0 saturated carbocycles. The van der Waals surface area contributed by atoms with Crippen molar-refractivity contribution in [2.24, 2.45) is 0 Å². The molecule has 0 fully saturated rings. The second-order valence-electron chi connectivity index (χ2n) is 7.63. The van der Waals surface area contributed by atoms with Gasteiger partial charge in [-0.3, -0.25) is 9.78 Å². The minimum atomic E-state index is -0.0814. The fourth-order valence-corrected chi connectivity index (χ4v) is 3.60. The summed E-state index contributed by atoms with van der Waals surface area (Å²) in [4.78, 5) is 16.6. The van der Waals surface area contributed by atoms with Crippen LogP contribution in [-0.2, 0) is 11.2 Å². The van der Waals surface area contributed by atoms with E-state index in [1.165, 1.54) is 0 Å². The van der Waals surface area contributed by atoms with E-state index in [-0.39, 0.29) is 12.3 Å². The first kappa shape index (κ1) is 21.3. The van der Waals surface area contributed by atoms with Crippen LogP contribution < -0.4 is 10.1 Å².